The maximum Gasteiger partial charge on any atom is 0.222 e. The number of hydrogen-bond acceptors (Lipinski definition) is 3. The molecule has 62 valence electrons. The summed E-state index contributed by atoms with van der Waals surface area (Å²) in [5.74, 6) is -0.722. The molecule has 0 saturated heterocycles. The Hall–Kier alpha value is -1.10. The standard InChI is InChI=1S/C6H9NO3S/c1-3-11(9,10)5(2)4-6(7)8/h3H,1-2,4H2,(H2,7,8). The van der Waals surface area contributed by atoms with Gasteiger partial charge < -0.3 is 5.73 Å². The Morgan fingerprint density at radius 1 is 1.55 bits per heavy atom. The Labute approximate surface area is 65.3 Å². The van der Waals surface area contributed by atoms with E-state index in [2.05, 4.69) is 13.2 Å². The summed E-state index contributed by atoms with van der Waals surface area (Å²) in [5.41, 5.74) is 4.75. The van der Waals surface area contributed by atoms with Gasteiger partial charge in [0, 0.05) is 5.41 Å². The Kier molecular flexibility index (Phi) is 3.00. The van der Waals surface area contributed by atoms with E-state index in [-0.39, 0.29) is 11.3 Å². The summed E-state index contributed by atoms with van der Waals surface area (Å²) in [5, 5.41) is 0.734. The molecule has 0 spiro atoms. The minimum absolute atomic E-state index is 0.222. The monoisotopic (exact) mass is 175 g/mol. The number of nitrogens with two attached hydrogens (primary N) is 1. The second kappa shape index (κ2) is 3.34. The lowest BCUT2D eigenvalue weighted by Gasteiger charge is -1.98. The fraction of sp³-hybridized carbons (Fsp3) is 0.167. The first-order valence-electron chi connectivity index (χ1n) is 2.73. The van der Waals surface area contributed by atoms with Gasteiger partial charge in [-0.1, -0.05) is 13.2 Å². The van der Waals surface area contributed by atoms with E-state index in [4.69, 9.17) is 5.73 Å². The summed E-state index contributed by atoms with van der Waals surface area (Å²) in [6.07, 6.45) is -0.353. The van der Waals surface area contributed by atoms with Crippen molar-refractivity contribution < 1.29 is 13.2 Å². The molecular formula is C6H9NO3S. The molecule has 0 aliphatic rings. The van der Waals surface area contributed by atoms with Crippen molar-refractivity contribution in [1.29, 1.82) is 0 Å². The molecule has 0 saturated carbocycles. The third kappa shape index (κ3) is 2.99. The van der Waals surface area contributed by atoms with Crippen molar-refractivity contribution in [3.8, 4) is 0 Å². The van der Waals surface area contributed by atoms with E-state index < -0.39 is 15.7 Å². The summed E-state index contributed by atoms with van der Waals surface area (Å²) in [6.45, 7) is 6.24. The molecule has 0 aromatic carbocycles. The van der Waals surface area contributed by atoms with E-state index in [0.717, 1.165) is 5.41 Å². The molecular weight excluding hydrogens is 166 g/mol. The number of primary amides is 1. The van der Waals surface area contributed by atoms with Gasteiger partial charge in [-0.05, 0) is 0 Å². The molecule has 0 unspecified atom stereocenters. The van der Waals surface area contributed by atoms with Crippen LogP contribution < -0.4 is 5.73 Å². The van der Waals surface area contributed by atoms with Gasteiger partial charge in [-0.3, -0.25) is 4.79 Å². The smallest absolute Gasteiger partial charge is 0.222 e. The molecule has 11 heavy (non-hydrogen) atoms. The molecule has 0 aliphatic carbocycles. The molecule has 4 nitrogen and oxygen atoms in total. The minimum atomic E-state index is -3.52. The van der Waals surface area contributed by atoms with Crippen LogP contribution in [0.15, 0.2) is 23.5 Å². The molecule has 2 N–H and O–H groups in total. The third-order valence-corrected chi connectivity index (χ3v) is 2.38. The number of hydrogen-bond donors (Lipinski definition) is 1. The van der Waals surface area contributed by atoms with E-state index in [0.29, 0.717) is 0 Å². The van der Waals surface area contributed by atoms with Crippen LogP contribution >= 0.6 is 0 Å². The van der Waals surface area contributed by atoms with Crippen LogP contribution in [0.25, 0.3) is 0 Å². The van der Waals surface area contributed by atoms with E-state index in [1.54, 1.807) is 0 Å². The van der Waals surface area contributed by atoms with Crippen molar-refractivity contribution >= 4 is 15.7 Å². The lowest BCUT2D eigenvalue weighted by atomic mass is 10.4. The molecule has 5 heteroatoms. The van der Waals surface area contributed by atoms with Crippen LogP contribution in [0.2, 0.25) is 0 Å². The van der Waals surface area contributed by atoms with Crippen molar-refractivity contribution in [3.63, 3.8) is 0 Å². The van der Waals surface area contributed by atoms with Gasteiger partial charge in [-0.25, -0.2) is 8.42 Å². The Morgan fingerprint density at radius 3 is 2.27 bits per heavy atom. The topological polar surface area (TPSA) is 77.2 Å². The van der Waals surface area contributed by atoms with Crippen molar-refractivity contribution in [2.24, 2.45) is 5.73 Å². The first kappa shape index (κ1) is 9.90. The van der Waals surface area contributed by atoms with E-state index in [9.17, 15) is 13.2 Å². The largest absolute Gasteiger partial charge is 0.369 e. The van der Waals surface area contributed by atoms with Crippen LogP contribution in [0.3, 0.4) is 0 Å². The lowest BCUT2D eigenvalue weighted by molar-refractivity contribution is -0.117. The zero-order valence-electron chi connectivity index (χ0n) is 5.91. The third-order valence-electron chi connectivity index (χ3n) is 0.993. The van der Waals surface area contributed by atoms with Gasteiger partial charge in [0.15, 0.2) is 9.84 Å². The first-order valence-corrected chi connectivity index (χ1v) is 4.28. The summed E-state index contributed by atoms with van der Waals surface area (Å²) >= 11 is 0. The SMILES string of the molecule is C=CS(=O)(=O)C(=C)CC(N)=O. The van der Waals surface area contributed by atoms with E-state index in [1.807, 2.05) is 0 Å². The zero-order valence-corrected chi connectivity index (χ0v) is 6.73. The fourth-order valence-corrected chi connectivity index (χ4v) is 0.992. The van der Waals surface area contributed by atoms with Gasteiger partial charge in [0.05, 0.1) is 11.3 Å². The molecule has 0 rings (SSSR count). The predicted octanol–water partition coefficient (Wildman–Crippen LogP) is -0.0662. The molecule has 0 radical (unpaired) electrons. The highest BCUT2D eigenvalue weighted by molar-refractivity contribution is 7.98. The van der Waals surface area contributed by atoms with Crippen molar-refractivity contribution in [1.82, 2.24) is 0 Å². The lowest BCUT2D eigenvalue weighted by Crippen LogP contribution is -2.13. The average Bonchev–Trinajstić information content (AvgIpc) is 1.86. The highest BCUT2D eigenvalue weighted by Crippen LogP contribution is 2.08. The molecule has 0 atom stereocenters. The highest BCUT2D eigenvalue weighted by Gasteiger charge is 2.12. The van der Waals surface area contributed by atoms with Crippen LogP contribution in [-0.4, -0.2) is 14.3 Å². The maximum absolute atomic E-state index is 10.8. The van der Waals surface area contributed by atoms with Gasteiger partial charge in [-0.15, -0.1) is 0 Å². The van der Waals surface area contributed by atoms with Crippen molar-refractivity contribution in [3.05, 3.63) is 23.5 Å². The normalized spacial score (nSPS) is 10.5. The van der Waals surface area contributed by atoms with Crippen LogP contribution in [0, 0.1) is 0 Å². The Bertz CT molecular complexity index is 289. The molecule has 0 aromatic rings. The second-order valence-electron chi connectivity index (χ2n) is 1.89. The van der Waals surface area contributed by atoms with E-state index in [1.165, 1.54) is 0 Å². The maximum atomic E-state index is 10.8. The van der Waals surface area contributed by atoms with Crippen LogP contribution in [0.4, 0.5) is 0 Å². The summed E-state index contributed by atoms with van der Waals surface area (Å²) < 4.78 is 21.6. The quantitative estimate of drug-likeness (QED) is 0.649. The molecule has 0 aromatic heterocycles. The number of carbonyl (C=O) groups excluding carboxylic acids is 1. The molecule has 0 bridgehead atoms. The summed E-state index contributed by atoms with van der Waals surface area (Å²) in [7, 11) is -3.52. The summed E-state index contributed by atoms with van der Waals surface area (Å²) in [4.78, 5) is 10.0. The molecule has 0 aliphatic heterocycles. The van der Waals surface area contributed by atoms with Crippen LogP contribution in [0.1, 0.15) is 6.42 Å². The van der Waals surface area contributed by atoms with Gasteiger partial charge in [-0.2, -0.15) is 0 Å². The fourth-order valence-electron chi connectivity index (χ4n) is 0.413. The molecule has 0 fully saturated rings. The van der Waals surface area contributed by atoms with Gasteiger partial charge >= 0.3 is 0 Å². The number of carbonyl (C=O) groups is 1. The minimum Gasteiger partial charge on any atom is -0.369 e. The van der Waals surface area contributed by atoms with Gasteiger partial charge in [0.2, 0.25) is 5.91 Å². The molecule has 0 heterocycles. The van der Waals surface area contributed by atoms with Crippen LogP contribution in [0.5, 0.6) is 0 Å². The average molecular weight is 175 g/mol. The first-order chi connectivity index (χ1) is 4.90. The summed E-state index contributed by atoms with van der Waals surface area (Å²) in [6, 6.07) is 0. The van der Waals surface area contributed by atoms with Crippen molar-refractivity contribution in [2.45, 2.75) is 6.42 Å². The van der Waals surface area contributed by atoms with Gasteiger partial charge in [0.1, 0.15) is 0 Å². The number of sulfone groups is 1. The highest BCUT2D eigenvalue weighted by atomic mass is 32.2. The van der Waals surface area contributed by atoms with Gasteiger partial charge in [0.25, 0.3) is 0 Å². The molecule has 1 amide bonds. The Morgan fingerprint density at radius 2 is 2.00 bits per heavy atom. The predicted molar refractivity (Wildman–Crippen MR) is 42.1 cm³/mol. The zero-order chi connectivity index (χ0) is 9.07. The second-order valence-corrected chi connectivity index (χ2v) is 3.89. The van der Waals surface area contributed by atoms with Crippen molar-refractivity contribution in [2.75, 3.05) is 0 Å². The van der Waals surface area contributed by atoms with Crippen LogP contribution in [-0.2, 0) is 14.6 Å². The number of amides is 1. The Balaban J connectivity index is 4.52. The van der Waals surface area contributed by atoms with E-state index >= 15 is 0 Å². The number of rotatable bonds is 4.